The number of hydrogen-bond donors (Lipinski definition) is 0. The molecule has 2 aliphatic rings. The Bertz CT molecular complexity index is 744. The van der Waals surface area contributed by atoms with Gasteiger partial charge in [-0.2, -0.15) is 0 Å². The number of piperidine rings is 2. The lowest BCUT2D eigenvalue weighted by Gasteiger charge is -2.34. The summed E-state index contributed by atoms with van der Waals surface area (Å²) >= 11 is 5.89. The summed E-state index contributed by atoms with van der Waals surface area (Å²) in [5, 5.41) is 0.573. The van der Waals surface area contributed by atoms with E-state index < -0.39 is 18.0 Å². The molecule has 29 heavy (non-hydrogen) atoms. The Hall–Kier alpha value is -2.08. The topological polar surface area (TPSA) is 66.9 Å². The third kappa shape index (κ3) is 5.50. The van der Waals surface area contributed by atoms with Crippen molar-refractivity contribution >= 4 is 29.4 Å². The lowest BCUT2D eigenvalue weighted by Crippen LogP contribution is -2.46. The van der Waals surface area contributed by atoms with Gasteiger partial charge in [0.15, 0.2) is 6.10 Å². The van der Waals surface area contributed by atoms with Gasteiger partial charge in [0, 0.05) is 36.8 Å². The van der Waals surface area contributed by atoms with Gasteiger partial charge in [0.1, 0.15) is 0 Å². The zero-order valence-corrected chi connectivity index (χ0v) is 17.9. The highest BCUT2D eigenvalue weighted by Crippen LogP contribution is 2.22. The summed E-state index contributed by atoms with van der Waals surface area (Å²) in [5.74, 6) is -0.425. The normalized spacial score (nSPS) is 21.6. The Morgan fingerprint density at radius 1 is 1.03 bits per heavy atom. The van der Waals surface area contributed by atoms with E-state index in [1.54, 1.807) is 41.0 Å². The highest BCUT2D eigenvalue weighted by Gasteiger charge is 2.33. The van der Waals surface area contributed by atoms with Crippen molar-refractivity contribution in [1.82, 2.24) is 9.80 Å². The largest absolute Gasteiger partial charge is 0.452 e. The van der Waals surface area contributed by atoms with Gasteiger partial charge in [0.2, 0.25) is 0 Å². The second-order valence-electron chi connectivity index (χ2n) is 8.18. The molecule has 0 N–H and O–H groups in total. The molecule has 0 spiro atoms. The monoisotopic (exact) mass is 420 g/mol. The van der Waals surface area contributed by atoms with E-state index in [-0.39, 0.29) is 11.8 Å². The lowest BCUT2D eigenvalue weighted by atomic mass is 9.97. The Kier molecular flexibility index (Phi) is 7.17. The first kappa shape index (κ1) is 21.6. The summed E-state index contributed by atoms with van der Waals surface area (Å²) in [6.45, 7) is 6.17. The van der Waals surface area contributed by atoms with Crippen LogP contribution in [0.2, 0.25) is 5.02 Å². The average molecular weight is 421 g/mol. The van der Waals surface area contributed by atoms with Crippen LogP contribution in [0.4, 0.5) is 0 Å². The number of hydrogen-bond acceptors (Lipinski definition) is 4. The zero-order valence-electron chi connectivity index (χ0n) is 17.1. The fourth-order valence-electron chi connectivity index (χ4n) is 3.94. The first-order chi connectivity index (χ1) is 13.8. The Morgan fingerprint density at radius 2 is 1.69 bits per heavy atom. The van der Waals surface area contributed by atoms with Crippen LogP contribution in [0.5, 0.6) is 0 Å². The minimum Gasteiger partial charge on any atom is -0.452 e. The number of likely N-dealkylation sites (tertiary alicyclic amines) is 2. The molecule has 0 saturated carbocycles. The van der Waals surface area contributed by atoms with E-state index in [0.717, 1.165) is 19.3 Å². The van der Waals surface area contributed by atoms with Gasteiger partial charge in [0.25, 0.3) is 11.8 Å². The van der Waals surface area contributed by atoms with Crippen molar-refractivity contribution in [2.75, 3.05) is 26.2 Å². The van der Waals surface area contributed by atoms with Gasteiger partial charge in [-0.1, -0.05) is 18.5 Å². The number of ether oxygens (including phenoxy) is 1. The van der Waals surface area contributed by atoms with Crippen LogP contribution in [0.25, 0.3) is 0 Å². The molecular formula is C22H29ClN2O4. The molecule has 2 saturated heterocycles. The van der Waals surface area contributed by atoms with Gasteiger partial charge >= 0.3 is 5.97 Å². The quantitative estimate of drug-likeness (QED) is 0.700. The van der Waals surface area contributed by atoms with Gasteiger partial charge in [0.05, 0.1) is 5.92 Å². The average Bonchev–Trinajstić information content (AvgIpc) is 2.74. The number of benzene rings is 1. The van der Waals surface area contributed by atoms with Crippen molar-refractivity contribution in [1.29, 1.82) is 0 Å². The Labute approximate surface area is 177 Å². The molecule has 2 atom stereocenters. The van der Waals surface area contributed by atoms with Gasteiger partial charge in [-0.15, -0.1) is 0 Å². The summed E-state index contributed by atoms with van der Waals surface area (Å²) in [5.41, 5.74) is 0.547. The Balaban J connectivity index is 1.54. The lowest BCUT2D eigenvalue weighted by molar-refractivity contribution is -0.164. The highest BCUT2D eigenvalue weighted by molar-refractivity contribution is 6.30. The van der Waals surface area contributed by atoms with Gasteiger partial charge in [-0.3, -0.25) is 14.4 Å². The number of carbonyl (C=O) groups excluding carboxylic acids is 3. The third-order valence-electron chi connectivity index (χ3n) is 5.87. The number of halogens is 1. The molecule has 158 valence electrons. The van der Waals surface area contributed by atoms with Crippen LogP contribution in [0.3, 0.4) is 0 Å². The molecule has 1 aromatic rings. The van der Waals surface area contributed by atoms with E-state index >= 15 is 0 Å². The SMILES string of the molecule is CC1CCN(C(=O)[C@H](C)OC(=O)[C@H]2CCCN(C(=O)c3ccc(Cl)cc3)C2)CC1. The van der Waals surface area contributed by atoms with Crippen LogP contribution in [0.1, 0.15) is 49.9 Å². The van der Waals surface area contributed by atoms with E-state index in [9.17, 15) is 14.4 Å². The maximum absolute atomic E-state index is 12.7. The van der Waals surface area contributed by atoms with Crippen LogP contribution in [0, 0.1) is 11.8 Å². The van der Waals surface area contributed by atoms with Crippen molar-refractivity contribution in [3.63, 3.8) is 0 Å². The molecule has 0 unspecified atom stereocenters. The van der Waals surface area contributed by atoms with E-state index in [0.29, 0.717) is 49.1 Å². The highest BCUT2D eigenvalue weighted by atomic mass is 35.5. The van der Waals surface area contributed by atoms with Crippen molar-refractivity contribution < 1.29 is 19.1 Å². The minimum atomic E-state index is -0.793. The molecule has 2 heterocycles. The van der Waals surface area contributed by atoms with Crippen LogP contribution in [0.15, 0.2) is 24.3 Å². The molecule has 3 rings (SSSR count). The fourth-order valence-corrected chi connectivity index (χ4v) is 4.06. The molecule has 0 radical (unpaired) electrons. The first-order valence-corrected chi connectivity index (χ1v) is 10.8. The molecule has 2 aliphatic heterocycles. The maximum atomic E-state index is 12.7. The summed E-state index contributed by atoms with van der Waals surface area (Å²) in [4.78, 5) is 41.4. The number of amides is 2. The first-order valence-electron chi connectivity index (χ1n) is 10.4. The van der Waals surface area contributed by atoms with Crippen LogP contribution in [-0.2, 0) is 14.3 Å². The minimum absolute atomic E-state index is 0.120. The number of esters is 1. The molecule has 6 nitrogen and oxygen atoms in total. The molecule has 7 heteroatoms. The second kappa shape index (κ2) is 9.61. The predicted molar refractivity (Wildman–Crippen MR) is 111 cm³/mol. The zero-order chi connectivity index (χ0) is 21.0. The van der Waals surface area contributed by atoms with Crippen LogP contribution in [-0.4, -0.2) is 59.9 Å². The van der Waals surface area contributed by atoms with Crippen molar-refractivity contribution in [3.8, 4) is 0 Å². The van der Waals surface area contributed by atoms with E-state index in [1.807, 2.05) is 0 Å². The van der Waals surface area contributed by atoms with E-state index in [4.69, 9.17) is 16.3 Å². The summed E-state index contributed by atoms with van der Waals surface area (Å²) < 4.78 is 5.50. The molecule has 2 fully saturated rings. The standard InChI is InChI=1S/C22H29ClN2O4/c1-15-9-12-24(13-10-15)20(26)16(2)29-22(28)18-4-3-11-25(14-18)21(27)17-5-7-19(23)8-6-17/h5-8,15-16,18H,3-4,9-14H2,1-2H3/t16-,18-/m0/s1. The number of carbonyl (C=O) groups is 3. The van der Waals surface area contributed by atoms with Crippen LogP contribution >= 0.6 is 11.6 Å². The van der Waals surface area contributed by atoms with Gasteiger partial charge < -0.3 is 14.5 Å². The molecule has 0 aliphatic carbocycles. The van der Waals surface area contributed by atoms with E-state index in [1.165, 1.54) is 0 Å². The maximum Gasteiger partial charge on any atom is 0.311 e. The van der Waals surface area contributed by atoms with Crippen molar-refractivity contribution in [3.05, 3.63) is 34.9 Å². The van der Waals surface area contributed by atoms with Gasteiger partial charge in [-0.25, -0.2) is 0 Å². The summed E-state index contributed by atoms with van der Waals surface area (Å²) in [6, 6.07) is 6.73. The van der Waals surface area contributed by atoms with Crippen molar-refractivity contribution in [2.45, 2.75) is 45.6 Å². The molecule has 1 aromatic carbocycles. The van der Waals surface area contributed by atoms with Crippen molar-refractivity contribution in [2.24, 2.45) is 11.8 Å². The molecular weight excluding hydrogens is 392 g/mol. The van der Waals surface area contributed by atoms with E-state index in [2.05, 4.69) is 6.92 Å². The smallest absolute Gasteiger partial charge is 0.311 e. The summed E-state index contributed by atoms with van der Waals surface area (Å²) in [7, 11) is 0. The molecule has 0 bridgehead atoms. The van der Waals surface area contributed by atoms with Crippen LogP contribution < -0.4 is 0 Å². The second-order valence-corrected chi connectivity index (χ2v) is 8.62. The Morgan fingerprint density at radius 3 is 2.34 bits per heavy atom. The van der Waals surface area contributed by atoms with Gasteiger partial charge in [-0.05, 0) is 62.8 Å². The number of rotatable bonds is 4. The molecule has 0 aromatic heterocycles. The summed E-state index contributed by atoms with van der Waals surface area (Å²) in [6.07, 6.45) is 2.56. The number of nitrogens with zero attached hydrogens (tertiary/aromatic N) is 2. The third-order valence-corrected chi connectivity index (χ3v) is 6.12. The fraction of sp³-hybridized carbons (Fsp3) is 0.591. The predicted octanol–water partition coefficient (Wildman–Crippen LogP) is 3.38. The molecule has 2 amide bonds.